The fraction of sp³-hybridized carbons (Fsp3) is 0.588. The molecule has 0 bridgehead atoms. The number of hydrogen-bond donors (Lipinski definition) is 2. The summed E-state index contributed by atoms with van der Waals surface area (Å²) in [4.78, 5) is 11.8. The van der Waals surface area contributed by atoms with E-state index in [2.05, 4.69) is 24.5 Å². The van der Waals surface area contributed by atoms with Crippen LogP contribution in [0.3, 0.4) is 0 Å². The van der Waals surface area contributed by atoms with Crippen LogP contribution >= 0.6 is 0 Å². The highest BCUT2D eigenvalue weighted by molar-refractivity contribution is 5.50. The highest BCUT2D eigenvalue weighted by Gasteiger charge is 2.36. The van der Waals surface area contributed by atoms with Gasteiger partial charge in [0.25, 0.3) is 0 Å². The van der Waals surface area contributed by atoms with Gasteiger partial charge in [-0.2, -0.15) is 26.3 Å². The van der Waals surface area contributed by atoms with Crippen molar-refractivity contribution in [1.82, 2.24) is 10.2 Å². The molecular formula is C17H25F6N3O. The molecule has 1 aromatic rings. The minimum Gasteiger partial charge on any atom is -0.388 e. The number of alkyl halides is 6. The molecule has 0 unspecified atom stereocenters. The smallest absolute Gasteiger partial charge is 0.388 e. The van der Waals surface area contributed by atoms with E-state index in [0.717, 1.165) is 32.6 Å². The number of carbonyl (C=O) groups excluding carboxylic acids is 1. The normalized spacial score (nSPS) is 14.3. The molecule has 156 valence electrons. The Bertz CT molecular complexity index is 522. The van der Waals surface area contributed by atoms with Gasteiger partial charge < -0.3 is 15.5 Å². The van der Waals surface area contributed by atoms with Crippen molar-refractivity contribution in [1.29, 1.82) is 0 Å². The topological polar surface area (TPSA) is 44.4 Å². The summed E-state index contributed by atoms with van der Waals surface area (Å²) in [6.45, 7) is 7.87. The fourth-order valence-corrected chi connectivity index (χ4v) is 1.89. The minimum atomic E-state index is -4.80. The van der Waals surface area contributed by atoms with Crippen LogP contribution in [0.1, 0.15) is 31.4 Å². The third kappa shape index (κ3) is 10.1. The first-order chi connectivity index (χ1) is 12.5. The summed E-state index contributed by atoms with van der Waals surface area (Å²) in [5.74, 6) is 0. The highest BCUT2D eigenvalue weighted by atomic mass is 19.4. The monoisotopic (exact) mass is 401 g/mol. The van der Waals surface area contributed by atoms with Gasteiger partial charge in [-0.25, -0.2) is 0 Å². The number of anilines is 1. The van der Waals surface area contributed by atoms with Crippen molar-refractivity contribution in [3.8, 4) is 0 Å². The van der Waals surface area contributed by atoms with E-state index in [1.165, 1.54) is 13.5 Å². The Labute approximate surface area is 154 Å². The standard InChI is InChI=1S/C9H7F6N.C5H10N2O.C3H8/c1-16-7-3-5(8(10,11)12)2-6(4-7)9(13,14)15;8-5-7-3-1-6-2-4-7;1-3-2/h2-4,16H,1H3;5-6H,1-4H2;3H2,1-2H3. The molecule has 0 spiro atoms. The Morgan fingerprint density at radius 3 is 1.67 bits per heavy atom. The highest BCUT2D eigenvalue weighted by Crippen LogP contribution is 2.37. The van der Waals surface area contributed by atoms with Crippen molar-refractivity contribution in [2.24, 2.45) is 0 Å². The number of carbonyl (C=O) groups is 1. The lowest BCUT2D eigenvalue weighted by atomic mass is 10.1. The summed E-state index contributed by atoms with van der Waals surface area (Å²) in [5, 5.41) is 5.40. The molecule has 4 nitrogen and oxygen atoms in total. The first kappa shape index (κ1) is 25.0. The zero-order valence-corrected chi connectivity index (χ0v) is 15.5. The van der Waals surface area contributed by atoms with Crippen LogP contribution in [-0.2, 0) is 17.1 Å². The Kier molecular flexibility index (Phi) is 10.8. The van der Waals surface area contributed by atoms with Gasteiger partial charge in [-0.3, -0.25) is 4.79 Å². The number of rotatable bonds is 2. The molecule has 2 N–H and O–H groups in total. The van der Waals surface area contributed by atoms with E-state index < -0.39 is 23.5 Å². The molecule has 0 saturated carbocycles. The Morgan fingerprint density at radius 2 is 1.41 bits per heavy atom. The quantitative estimate of drug-likeness (QED) is 0.576. The van der Waals surface area contributed by atoms with Crippen LogP contribution < -0.4 is 10.6 Å². The summed E-state index contributed by atoms with van der Waals surface area (Å²) in [6, 6.07) is 1.32. The third-order valence-electron chi connectivity index (χ3n) is 3.18. The van der Waals surface area contributed by atoms with Crippen molar-refractivity contribution < 1.29 is 31.1 Å². The predicted molar refractivity (Wildman–Crippen MR) is 92.5 cm³/mol. The van der Waals surface area contributed by atoms with Crippen molar-refractivity contribution >= 4 is 12.1 Å². The van der Waals surface area contributed by atoms with Gasteiger partial charge in [0.15, 0.2) is 0 Å². The number of benzene rings is 1. The van der Waals surface area contributed by atoms with Gasteiger partial charge in [0, 0.05) is 38.9 Å². The first-order valence-corrected chi connectivity index (χ1v) is 8.36. The average molecular weight is 401 g/mol. The number of piperazine rings is 1. The molecule has 1 aliphatic rings. The fourth-order valence-electron chi connectivity index (χ4n) is 1.89. The average Bonchev–Trinajstić information content (AvgIpc) is 2.61. The van der Waals surface area contributed by atoms with Crippen LogP contribution in [0, 0.1) is 0 Å². The van der Waals surface area contributed by atoms with E-state index in [9.17, 15) is 31.1 Å². The molecular weight excluding hydrogens is 376 g/mol. The van der Waals surface area contributed by atoms with Crippen LogP contribution in [-0.4, -0.2) is 44.5 Å². The number of halogens is 6. The van der Waals surface area contributed by atoms with E-state index in [-0.39, 0.29) is 11.8 Å². The molecule has 0 aromatic heterocycles. The van der Waals surface area contributed by atoms with Gasteiger partial charge in [-0.15, -0.1) is 0 Å². The van der Waals surface area contributed by atoms with Gasteiger partial charge in [-0.1, -0.05) is 20.3 Å². The second kappa shape index (κ2) is 11.7. The second-order valence-electron chi connectivity index (χ2n) is 5.64. The van der Waals surface area contributed by atoms with Gasteiger partial charge in [0.05, 0.1) is 11.1 Å². The minimum absolute atomic E-state index is 0.0842. The molecule has 1 fully saturated rings. The van der Waals surface area contributed by atoms with Crippen LogP contribution in [0.15, 0.2) is 18.2 Å². The second-order valence-corrected chi connectivity index (χ2v) is 5.64. The third-order valence-corrected chi connectivity index (χ3v) is 3.18. The number of nitrogens with zero attached hydrogens (tertiary/aromatic N) is 1. The molecule has 0 atom stereocenters. The molecule has 27 heavy (non-hydrogen) atoms. The van der Waals surface area contributed by atoms with Crippen molar-refractivity contribution in [2.45, 2.75) is 32.6 Å². The molecule has 0 radical (unpaired) electrons. The lowest BCUT2D eigenvalue weighted by Gasteiger charge is -2.22. The Balaban J connectivity index is 0.000000509. The van der Waals surface area contributed by atoms with E-state index in [1.54, 1.807) is 4.90 Å². The molecule has 0 aliphatic carbocycles. The maximum absolute atomic E-state index is 12.3. The molecule has 1 saturated heterocycles. The Morgan fingerprint density at radius 1 is 1.00 bits per heavy atom. The van der Waals surface area contributed by atoms with Crippen molar-refractivity contribution in [3.05, 3.63) is 29.3 Å². The van der Waals surface area contributed by atoms with Gasteiger partial charge in [-0.05, 0) is 18.2 Å². The van der Waals surface area contributed by atoms with Gasteiger partial charge in [0.1, 0.15) is 0 Å². The summed E-state index contributed by atoms with van der Waals surface area (Å²) in [6.07, 6.45) is -7.44. The lowest BCUT2D eigenvalue weighted by Crippen LogP contribution is -2.42. The molecule has 1 heterocycles. The maximum atomic E-state index is 12.3. The van der Waals surface area contributed by atoms with E-state index in [4.69, 9.17) is 0 Å². The van der Waals surface area contributed by atoms with E-state index >= 15 is 0 Å². The lowest BCUT2D eigenvalue weighted by molar-refractivity contribution is -0.143. The van der Waals surface area contributed by atoms with E-state index in [0.29, 0.717) is 12.1 Å². The molecule has 2 rings (SSSR count). The maximum Gasteiger partial charge on any atom is 0.416 e. The van der Waals surface area contributed by atoms with Crippen LogP contribution in [0.2, 0.25) is 0 Å². The predicted octanol–water partition coefficient (Wildman–Crippen LogP) is 4.23. The summed E-state index contributed by atoms with van der Waals surface area (Å²) in [5.41, 5.74) is -2.89. The number of amides is 1. The molecule has 1 aromatic carbocycles. The summed E-state index contributed by atoms with van der Waals surface area (Å²) >= 11 is 0. The summed E-state index contributed by atoms with van der Waals surface area (Å²) in [7, 11) is 1.25. The van der Waals surface area contributed by atoms with Crippen LogP contribution in [0.4, 0.5) is 32.0 Å². The van der Waals surface area contributed by atoms with Crippen molar-refractivity contribution in [2.75, 3.05) is 38.5 Å². The van der Waals surface area contributed by atoms with E-state index in [1.807, 2.05) is 0 Å². The van der Waals surface area contributed by atoms with Gasteiger partial charge >= 0.3 is 12.4 Å². The van der Waals surface area contributed by atoms with Crippen LogP contribution in [0.25, 0.3) is 0 Å². The zero-order chi connectivity index (χ0) is 21.1. The molecule has 10 heteroatoms. The SMILES string of the molecule is CCC.CNc1cc(C(F)(F)F)cc(C(F)(F)F)c1.O=CN1CCNCC1. The van der Waals surface area contributed by atoms with Crippen molar-refractivity contribution in [3.63, 3.8) is 0 Å². The largest absolute Gasteiger partial charge is 0.416 e. The molecule has 1 aliphatic heterocycles. The zero-order valence-electron chi connectivity index (χ0n) is 15.5. The Hall–Kier alpha value is -1.97. The first-order valence-electron chi connectivity index (χ1n) is 8.36. The van der Waals surface area contributed by atoms with Crippen LogP contribution in [0.5, 0.6) is 0 Å². The van der Waals surface area contributed by atoms with Gasteiger partial charge in [0.2, 0.25) is 6.41 Å². The molecule has 1 amide bonds. The summed E-state index contributed by atoms with van der Waals surface area (Å²) < 4.78 is 73.7. The number of hydrogen-bond acceptors (Lipinski definition) is 3. The number of nitrogens with one attached hydrogen (secondary N) is 2.